The van der Waals surface area contributed by atoms with Gasteiger partial charge in [-0.05, 0) is 49.7 Å². The molecule has 1 aromatic carbocycles. The third-order valence-electron chi connectivity index (χ3n) is 8.45. The predicted molar refractivity (Wildman–Crippen MR) is 134 cm³/mol. The number of rotatable bonds is 3. The number of benzene rings is 1. The zero-order valence-electron chi connectivity index (χ0n) is 20.7. The number of aryl methyl sites for hydroxylation is 1. The molecule has 0 N–H and O–H groups in total. The Bertz CT molecular complexity index is 1400. The number of pyridine rings is 1. The first-order chi connectivity index (χ1) is 17.5. The van der Waals surface area contributed by atoms with E-state index in [9.17, 15) is 13.2 Å². The van der Waals surface area contributed by atoms with Crippen molar-refractivity contribution in [2.75, 3.05) is 36.0 Å². The molecule has 0 radical (unpaired) electrons. The van der Waals surface area contributed by atoms with Gasteiger partial charge in [0.15, 0.2) is 5.82 Å². The summed E-state index contributed by atoms with van der Waals surface area (Å²) < 4.78 is 43.5. The Hall–Kier alpha value is -2.85. The van der Waals surface area contributed by atoms with Crippen LogP contribution in [-0.2, 0) is 13.1 Å². The second-order valence-electron chi connectivity index (χ2n) is 11.5. The smallest absolute Gasteiger partial charge is 0.251 e. The Morgan fingerprint density at radius 3 is 2.38 bits per heavy atom. The van der Waals surface area contributed by atoms with E-state index in [-0.39, 0.29) is 24.1 Å². The van der Waals surface area contributed by atoms with Crippen molar-refractivity contribution < 1.29 is 13.2 Å². The van der Waals surface area contributed by atoms with Crippen molar-refractivity contribution in [2.45, 2.75) is 51.2 Å². The third kappa shape index (κ3) is 3.63. The van der Waals surface area contributed by atoms with Crippen molar-refractivity contribution in [3.8, 4) is 5.69 Å². The van der Waals surface area contributed by atoms with E-state index < -0.39 is 11.5 Å². The van der Waals surface area contributed by atoms with Gasteiger partial charge in [-0.1, -0.05) is 11.6 Å². The maximum absolute atomic E-state index is 13.9. The zero-order chi connectivity index (χ0) is 25.7. The topological polar surface area (TPSA) is 53.3 Å². The summed E-state index contributed by atoms with van der Waals surface area (Å²) in [5.74, 6) is -0.595. The molecule has 3 fully saturated rings. The number of nitrogens with zero attached hydrogens (tertiary/aromatic N) is 7. The van der Waals surface area contributed by atoms with Gasteiger partial charge in [0.25, 0.3) is 5.92 Å². The number of anilines is 2. The molecule has 0 atom stereocenters. The largest absolute Gasteiger partial charge is 0.355 e. The zero-order valence-corrected chi connectivity index (χ0v) is 21.4. The van der Waals surface area contributed by atoms with Crippen LogP contribution in [0.5, 0.6) is 0 Å². The van der Waals surface area contributed by atoms with E-state index in [1.54, 1.807) is 13.0 Å². The number of halogens is 4. The summed E-state index contributed by atoms with van der Waals surface area (Å²) in [5.41, 5.74) is 1.87. The Kier molecular flexibility index (Phi) is 4.78. The van der Waals surface area contributed by atoms with Gasteiger partial charge in [-0.2, -0.15) is 0 Å². The molecule has 1 spiro atoms. The molecule has 7 rings (SSSR count). The standard InChI is InChI=1S/C26H27ClF3N7/c1-16-19(28)4-6-21(31-16)34-12-25(13-34)14-35(15-25)23-33-32-22-9-36(24(2)10-26(29,30)11-24)8-17-7-18(27)3-5-20(17)37(22)23/h3-7H,8-15H2,1-2H3. The fraction of sp³-hybridized carbons (Fsp3) is 0.500. The summed E-state index contributed by atoms with van der Waals surface area (Å²) in [4.78, 5) is 10.9. The highest BCUT2D eigenvalue weighted by molar-refractivity contribution is 6.30. The molecule has 1 saturated carbocycles. The van der Waals surface area contributed by atoms with Gasteiger partial charge in [-0.25, -0.2) is 18.2 Å². The predicted octanol–water partition coefficient (Wildman–Crippen LogP) is 4.59. The second-order valence-corrected chi connectivity index (χ2v) is 12.0. The van der Waals surface area contributed by atoms with Gasteiger partial charge in [0.05, 0.1) is 17.9 Å². The summed E-state index contributed by atoms with van der Waals surface area (Å²) in [7, 11) is 0. The summed E-state index contributed by atoms with van der Waals surface area (Å²) in [6.07, 6.45) is -0.324. The first kappa shape index (κ1) is 23.3. The lowest BCUT2D eigenvalue weighted by atomic mass is 9.73. The minimum Gasteiger partial charge on any atom is -0.355 e. The molecule has 194 valence electrons. The fourth-order valence-electron chi connectivity index (χ4n) is 6.60. The molecule has 0 bridgehead atoms. The molecule has 3 aromatic rings. The van der Waals surface area contributed by atoms with Crippen LogP contribution in [0.25, 0.3) is 5.69 Å². The van der Waals surface area contributed by atoms with Gasteiger partial charge in [0.2, 0.25) is 5.95 Å². The van der Waals surface area contributed by atoms with Crippen molar-refractivity contribution >= 4 is 23.4 Å². The molecule has 1 aliphatic carbocycles. The molecule has 4 aliphatic rings. The first-order valence-corrected chi connectivity index (χ1v) is 12.9. The molecule has 2 aromatic heterocycles. The highest BCUT2D eigenvalue weighted by Gasteiger charge is 2.57. The summed E-state index contributed by atoms with van der Waals surface area (Å²) in [6, 6.07) is 8.94. The van der Waals surface area contributed by atoms with Crippen LogP contribution in [0, 0.1) is 18.2 Å². The molecular formula is C26H27ClF3N7. The first-order valence-electron chi connectivity index (χ1n) is 12.5. The molecule has 0 amide bonds. The summed E-state index contributed by atoms with van der Waals surface area (Å²) in [6.45, 7) is 7.92. The minimum atomic E-state index is -2.62. The van der Waals surface area contributed by atoms with E-state index in [2.05, 4.69) is 34.4 Å². The molecule has 11 heteroatoms. The molecule has 3 aliphatic heterocycles. The lowest BCUT2D eigenvalue weighted by Gasteiger charge is -2.60. The van der Waals surface area contributed by atoms with Crippen LogP contribution in [0.3, 0.4) is 0 Å². The van der Waals surface area contributed by atoms with Gasteiger partial charge in [-0.3, -0.25) is 9.47 Å². The average Bonchev–Trinajstić information content (AvgIpc) is 3.07. The highest BCUT2D eigenvalue weighted by Crippen LogP contribution is 2.51. The Morgan fingerprint density at radius 1 is 0.946 bits per heavy atom. The van der Waals surface area contributed by atoms with Crippen molar-refractivity contribution in [1.29, 1.82) is 0 Å². The average molecular weight is 530 g/mol. The third-order valence-corrected chi connectivity index (χ3v) is 8.68. The van der Waals surface area contributed by atoms with Crippen molar-refractivity contribution in [2.24, 2.45) is 5.41 Å². The molecule has 7 nitrogen and oxygen atoms in total. The molecular weight excluding hydrogens is 503 g/mol. The fourth-order valence-corrected chi connectivity index (χ4v) is 6.79. The van der Waals surface area contributed by atoms with Crippen LogP contribution in [0.1, 0.15) is 36.8 Å². The van der Waals surface area contributed by atoms with Gasteiger partial charge in [0, 0.05) is 61.5 Å². The number of aromatic nitrogens is 4. The maximum atomic E-state index is 13.9. The Balaban J connectivity index is 1.14. The van der Waals surface area contributed by atoms with E-state index in [1.165, 1.54) is 6.07 Å². The molecule has 37 heavy (non-hydrogen) atoms. The van der Waals surface area contributed by atoms with Crippen LogP contribution >= 0.6 is 11.6 Å². The van der Waals surface area contributed by atoms with Crippen LogP contribution in [-0.4, -0.2) is 62.3 Å². The second kappa shape index (κ2) is 7.60. The number of alkyl halides is 2. The van der Waals surface area contributed by atoms with Crippen molar-refractivity contribution in [3.63, 3.8) is 0 Å². The van der Waals surface area contributed by atoms with Gasteiger partial charge >= 0.3 is 0 Å². The van der Waals surface area contributed by atoms with Crippen LogP contribution < -0.4 is 9.80 Å². The number of hydrogen-bond donors (Lipinski definition) is 0. The quantitative estimate of drug-likeness (QED) is 0.494. The SMILES string of the molecule is Cc1nc(N2CC3(C2)CN(c2nnc4n2-c2ccc(Cl)cc2CN(C2(C)CC(F)(F)C2)C4)C3)ccc1F. The Labute approximate surface area is 217 Å². The Morgan fingerprint density at radius 2 is 1.68 bits per heavy atom. The lowest BCUT2D eigenvalue weighted by molar-refractivity contribution is -0.173. The van der Waals surface area contributed by atoms with Crippen LogP contribution in [0.2, 0.25) is 5.02 Å². The lowest BCUT2D eigenvalue weighted by Crippen LogP contribution is -2.73. The minimum absolute atomic E-state index is 0.140. The van der Waals surface area contributed by atoms with Crippen LogP contribution in [0.15, 0.2) is 30.3 Å². The van der Waals surface area contributed by atoms with E-state index in [4.69, 9.17) is 11.6 Å². The van der Waals surface area contributed by atoms with Gasteiger partial charge in [-0.15, -0.1) is 10.2 Å². The maximum Gasteiger partial charge on any atom is 0.251 e. The summed E-state index contributed by atoms with van der Waals surface area (Å²) in [5, 5.41) is 9.70. The molecule has 0 unspecified atom stereocenters. The number of hydrogen-bond acceptors (Lipinski definition) is 6. The summed E-state index contributed by atoms with van der Waals surface area (Å²) >= 11 is 6.35. The normalized spacial score (nSPS) is 23.0. The van der Waals surface area contributed by atoms with Crippen molar-refractivity contribution in [1.82, 2.24) is 24.6 Å². The number of fused-ring (bicyclic) bond motifs is 3. The van der Waals surface area contributed by atoms with Gasteiger partial charge in [0.1, 0.15) is 11.6 Å². The van der Waals surface area contributed by atoms with E-state index in [0.29, 0.717) is 23.8 Å². The molecule has 5 heterocycles. The van der Waals surface area contributed by atoms with Crippen LogP contribution in [0.4, 0.5) is 24.9 Å². The van der Waals surface area contributed by atoms with Crippen molar-refractivity contribution in [3.05, 3.63) is 58.3 Å². The van der Waals surface area contributed by atoms with Gasteiger partial charge < -0.3 is 9.80 Å². The highest BCUT2D eigenvalue weighted by atomic mass is 35.5. The van der Waals surface area contributed by atoms with E-state index >= 15 is 0 Å². The molecule has 2 saturated heterocycles. The van der Waals surface area contributed by atoms with E-state index in [1.807, 2.05) is 25.1 Å². The van der Waals surface area contributed by atoms with E-state index in [0.717, 1.165) is 55.0 Å². The monoisotopic (exact) mass is 529 g/mol.